The van der Waals surface area contributed by atoms with E-state index in [-0.39, 0.29) is 24.7 Å². The highest BCUT2D eigenvalue weighted by molar-refractivity contribution is 6.23. The first-order valence-electron chi connectivity index (χ1n) is 13.5. The van der Waals surface area contributed by atoms with Crippen LogP contribution in [-0.4, -0.2) is 53.5 Å². The van der Waals surface area contributed by atoms with E-state index in [1.165, 1.54) is 12.1 Å². The fourth-order valence-electron chi connectivity index (χ4n) is 6.60. The van der Waals surface area contributed by atoms with Gasteiger partial charge in [0.15, 0.2) is 0 Å². The van der Waals surface area contributed by atoms with E-state index in [0.717, 1.165) is 16.5 Å². The number of nitriles is 1. The Labute approximate surface area is 235 Å². The van der Waals surface area contributed by atoms with Crippen molar-refractivity contribution in [3.63, 3.8) is 0 Å². The van der Waals surface area contributed by atoms with Gasteiger partial charge in [-0.3, -0.25) is 19.3 Å². The maximum absolute atomic E-state index is 13.6. The predicted molar refractivity (Wildman–Crippen MR) is 140 cm³/mol. The molecule has 0 aliphatic carbocycles. The van der Waals surface area contributed by atoms with E-state index in [1.54, 1.807) is 13.8 Å². The molecular weight excluding hydrogens is 539 g/mol. The topological polar surface area (TPSA) is 99.9 Å². The number of unbranched alkanes of at least 4 members (excludes halogenated alkanes) is 1. The van der Waals surface area contributed by atoms with Crippen molar-refractivity contribution in [1.82, 2.24) is 4.90 Å². The third-order valence-corrected chi connectivity index (χ3v) is 8.20. The van der Waals surface area contributed by atoms with E-state index >= 15 is 0 Å². The Balaban J connectivity index is 1.23. The highest BCUT2D eigenvalue weighted by Crippen LogP contribution is 2.55. The lowest BCUT2D eigenvalue weighted by molar-refractivity contribution is -0.169. The molecule has 3 fully saturated rings. The molecule has 41 heavy (non-hydrogen) atoms. The molecule has 216 valence electrons. The molecule has 8 nitrogen and oxygen atoms in total. The summed E-state index contributed by atoms with van der Waals surface area (Å²) in [5, 5.41) is 9.10. The van der Waals surface area contributed by atoms with Crippen molar-refractivity contribution in [3.05, 3.63) is 65.2 Å². The molecule has 2 aromatic carbocycles. The first kappa shape index (κ1) is 28.8. The van der Waals surface area contributed by atoms with Crippen LogP contribution in [0.4, 0.5) is 18.9 Å². The average molecular weight is 570 g/mol. The molecule has 3 aliphatic rings. The van der Waals surface area contributed by atoms with Crippen molar-refractivity contribution in [2.45, 2.75) is 57.1 Å². The molecule has 2 aromatic rings. The summed E-state index contributed by atoms with van der Waals surface area (Å²) in [7, 11) is 0. The van der Waals surface area contributed by atoms with Gasteiger partial charge in [-0.15, -0.1) is 0 Å². The number of hydrogen-bond donors (Lipinski definition) is 0. The van der Waals surface area contributed by atoms with Crippen LogP contribution < -0.4 is 4.90 Å². The number of benzene rings is 2. The summed E-state index contributed by atoms with van der Waals surface area (Å²) >= 11 is 0. The SMILES string of the molecule is C[C@]12CN(CCCCC(=O)OCc3ccccc3)C[C@](C)(O1)C1C(=O)N(c3ccc(C#N)c(C(F)(F)F)c3)C(=O)[C@H]12. The maximum atomic E-state index is 13.6. The Morgan fingerprint density at radius 2 is 1.68 bits per heavy atom. The highest BCUT2D eigenvalue weighted by Gasteiger charge is 2.71. The lowest BCUT2D eigenvalue weighted by Crippen LogP contribution is -2.58. The third kappa shape index (κ3) is 5.34. The number of alkyl halides is 3. The lowest BCUT2D eigenvalue weighted by Gasteiger charge is -2.45. The van der Waals surface area contributed by atoms with Crippen molar-refractivity contribution in [2.24, 2.45) is 11.8 Å². The number of ether oxygens (including phenoxy) is 2. The molecule has 2 amide bonds. The second kappa shape index (κ2) is 10.6. The third-order valence-electron chi connectivity index (χ3n) is 8.20. The number of anilines is 1. The Morgan fingerprint density at radius 1 is 1.05 bits per heavy atom. The number of carbonyl (C=O) groups is 3. The molecule has 3 aliphatic heterocycles. The number of nitrogens with zero attached hydrogens (tertiary/aromatic N) is 3. The lowest BCUT2D eigenvalue weighted by atomic mass is 9.79. The van der Waals surface area contributed by atoms with Crippen LogP contribution >= 0.6 is 0 Å². The van der Waals surface area contributed by atoms with Gasteiger partial charge in [0.1, 0.15) is 6.61 Å². The molecule has 4 atom stereocenters. The Kier molecular flexibility index (Phi) is 7.42. The summed E-state index contributed by atoms with van der Waals surface area (Å²) in [6.45, 7) is 5.08. The molecule has 0 radical (unpaired) electrons. The zero-order valence-corrected chi connectivity index (χ0v) is 22.7. The summed E-state index contributed by atoms with van der Waals surface area (Å²) in [4.78, 5) is 42.3. The van der Waals surface area contributed by atoms with Crippen LogP contribution in [0, 0.1) is 23.2 Å². The summed E-state index contributed by atoms with van der Waals surface area (Å²) in [6, 6.07) is 13.8. The van der Waals surface area contributed by atoms with Crippen LogP contribution in [0.5, 0.6) is 0 Å². The van der Waals surface area contributed by atoms with Crippen LogP contribution in [-0.2, 0) is 36.6 Å². The number of fused-ring (bicyclic) bond motifs is 5. The van der Waals surface area contributed by atoms with E-state index in [9.17, 15) is 27.6 Å². The minimum absolute atomic E-state index is 0.206. The predicted octanol–water partition coefficient (Wildman–Crippen LogP) is 4.46. The second-order valence-electron chi connectivity index (χ2n) is 11.3. The van der Waals surface area contributed by atoms with E-state index in [4.69, 9.17) is 14.7 Å². The number of halogens is 3. The molecule has 0 saturated carbocycles. The second-order valence-corrected chi connectivity index (χ2v) is 11.3. The Hall–Kier alpha value is -3.75. The summed E-state index contributed by atoms with van der Waals surface area (Å²) in [5.74, 6) is -3.21. The first-order valence-corrected chi connectivity index (χ1v) is 13.5. The van der Waals surface area contributed by atoms with Crippen LogP contribution in [0.1, 0.15) is 49.8 Å². The van der Waals surface area contributed by atoms with Gasteiger partial charge in [0.05, 0.1) is 45.9 Å². The number of imide groups is 1. The van der Waals surface area contributed by atoms with Gasteiger partial charge in [0.25, 0.3) is 0 Å². The fourth-order valence-corrected chi connectivity index (χ4v) is 6.60. The number of amides is 2. The monoisotopic (exact) mass is 569 g/mol. The maximum Gasteiger partial charge on any atom is 0.417 e. The molecule has 0 spiro atoms. The number of esters is 1. The number of likely N-dealkylation sites (tertiary alicyclic amines) is 1. The zero-order chi connectivity index (χ0) is 29.6. The van der Waals surface area contributed by atoms with Crippen molar-refractivity contribution in [1.29, 1.82) is 5.26 Å². The molecule has 2 bridgehead atoms. The summed E-state index contributed by atoms with van der Waals surface area (Å²) in [6.07, 6.45) is -3.24. The van der Waals surface area contributed by atoms with Crippen molar-refractivity contribution >= 4 is 23.5 Å². The van der Waals surface area contributed by atoms with Gasteiger partial charge in [-0.25, -0.2) is 4.90 Å². The number of hydrogen-bond acceptors (Lipinski definition) is 7. The van der Waals surface area contributed by atoms with Gasteiger partial charge in [0.2, 0.25) is 11.8 Å². The summed E-state index contributed by atoms with van der Waals surface area (Å²) < 4.78 is 52.4. The molecule has 3 heterocycles. The van der Waals surface area contributed by atoms with Gasteiger partial charge in [0, 0.05) is 19.5 Å². The highest BCUT2D eigenvalue weighted by atomic mass is 19.4. The van der Waals surface area contributed by atoms with Crippen LogP contribution in [0.3, 0.4) is 0 Å². The van der Waals surface area contributed by atoms with Crippen molar-refractivity contribution < 1.29 is 37.0 Å². The molecule has 11 heteroatoms. The average Bonchev–Trinajstić information content (AvgIpc) is 3.29. The van der Waals surface area contributed by atoms with Crippen molar-refractivity contribution in [3.8, 4) is 6.07 Å². The molecular formula is C30H30F3N3O5. The zero-order valence-electron chi connectivity index (χ0n) is 22.7. The minimum Gasteiger partial charge on any atom is -0.461 e. The van der Waals surface area contributed by atoms with Gasteiger partial charge in [-0.05, 0) is 57.0 Å². The van der Waals surface area contributed by atoms with Crippen LogP contribution in [0.2, 0.25) is 0 Å². The van der Waals surface area contributed by atoms with E-state index in [1.807, 2.05) is 30.3 Å². The van der Waals surface area contributed by atoms with E-state index < -0.39 is 52.2 Å². The molecule has 5 rings (SSSR count). The van der Waals surface area contributed by atoms with Gasteiger partial charge in [-0.2, -0.15) is 18.4 Å². The molecule has 1 unspecified atom stereocenters. The molecule has 3 saturated heterocycles. The van der Waals surface area contributed by atoms with Crippen LogP contribution in [0.25, 0.3) is 0 Å². The number of carbonyl (C=O) groups excluding carboxylic acids is 3. The smallest absolute Gasteiger partial charge is 0.417 e. The van der Waals surface area contributed by atoms with Crippen molar-refractivity contribution in [2.75, 3.05) is 24.5 Å². The molecule has 0 N–H and O–H groups in total. The number of rotatable bonds is 8. The number of morpholine rings is 1. The fraction of sp³-hybridized carbons (Fsp3) is 0.467. The quantitative estimate of drug-likeness (QED) is 0.263. The van der Waals surface area contributed by atoms with Gasteiger partial charge >= 0.3 is 12.1 Å². The summed E-state index contributed by atoms with van der Waals surface area (Å²) in [5.41, 5.74) is -3.11. The van der Waals surface area contributed by atoms with E-state index in [0.29, 0.717) is 38.5 Å². The van der Waals surface area contributed by atoms with E-state index in [2.05, 4.69) is 4.90 Å². The standard InChI is InChI=1S/C30H30F3N3O5/c1-28-17-35(13-7-6-10-23(37)40-16-19-8-4-3-5-9-19)18-29(2,41-28)25-24(28)26(38)36(27(25)39)21-12-11-20(15-34)22(14-21)30(31,32)33/h3-5,8-9,11-12,14,24-25H,6-7,10,13,16-18H2,1-2H3/t24-,25?,28+,29-/m0/s1. The molecule has 0 aromatic heterocycles. The van der Waals surface area contributed by atoms with Gasteiger partial charge in [-0.1, -0.05) is 30.3 Å². The first-order chi connectivity index (χ1) is 19.4. The Bertz CT molecular complexity index is 1370. The normalized spacial score (nSPS) is 27.6. The van der Waals surface area contributed by atoms with Crippen LogP contribution in [0.15, 0.2) is 48.5 Å². The largest absolute Gasteiger partial charge is 0.461 e. The Morgan fingerprint density at radius 3 is 2.27 bits per heavy atom. The van der Waals surface area contributed by atoms with Gasteiger partial charge < -0.3 is 9.47 Å². The minimum atomic E-state index is -4.82.